The molecule has 0 aliphatic carbocycles. The minimum atomic E-state index is -0.462. The molecule has 3 nitrogen and oxygen atoms in total. The van der Waals surface area contributed by atoms with Crippen molar-refractivity contribution in [2.24, 2.45) is 0 Å². The van der Waals surface area contributed by atoms with Crippen LogP contribution in [0.25, 0.3) is 0 Å². The van der Waals surface area contributed by atoms with E-state index in [1.165, 1.54) is 18.2 Å². The van der Waals surface area contributed by atoms with Gasteiger partial charge in [0.25, 0.3) is 0 Å². The predicted octanol–water partition coefficient (Wildman–Crippen LogP) is 0.529. The van der Waals surface area contributed by atoms with Crippen LogP contribution in [0, 0.1) is 11.3 Å². The van der Waals surface area contributed by atoms with Crippen LogP contribution >= 0.6 is 0 Å². The van der Waals surface area contributed by atoms with Gasteiger partial charge in [0.2, 0.25) is 0 Å². The summed E-state index contributed by atoms with van der Waals surface area (Å²) in [5, 5.41) is 8.64. The lowest BCUT2D eigenvalue weighted by Crippen LogP contribution is -2.11. The highest BCUT2D eigenvalue weighted by Crippen LogP contribution is 2.03. The molecule has 0 atom stereocenters. The van der Waals surface area contributed by atoms with E-state index in [2.05, 4.69) is 0 Å². The largest absolute Gasteiger partial charge is 0.462 e. The SMILES string of the molecule is [B]c1cc(C#N)cc(C(=O)OCC)c1. The van der Waals surface area contributed by atoms with E-state index in [1.807, 2.05) is 6.07 Å². The van der Waals surface area contributed by atoms with E-state index in [9.17, 15) is 4.79 Å². The Hall–Kier alpha value is -1.76. The van der Waals surface area contributed by atoms with E-state index in [4.69, 9.17) is 17.8 Å². The lowest BCUT2D eigenvalue weighted by molar-refractivity contribution is 0.0526. The quantitative estimate of drug-likeness (QED) is 0.498. The summed E-state index contributed by atoms with van der Waals surface area (Å²) in [7, 11) is 5.51. The molecule has 1 aromatic rings. The fourth-order valence-electron chi connectivity index (χ4n) is 1.05. The van der Waals surface area contributed by atoms with Crippen LogP contribution in [0.15, 0.2) is 18.2 Å². The summed E-state index contributed by atoms with van der Waals surface area (Å²) in [4.78, 5) is 11.3. The number of hydrogen-bond acceptors (Lipinski definition) is 3. The van der Waals surface area contributed by atoms with Crippen molar-refractivity contribution in [3.05, 3.63) is 29.3 Å². The molecule has 4 heteroatoms. The van der Waals surface area contributed by atoms with E-state index >= 15 is 0 Å². The molecule has 0 spiro atoms. The van der Waals surface area contributed by atoms with Crippen LogP contribution in [0.2, 0.25) is 0 Å². The fraction of sp³-hybridized carbons (Fsp3) is 0.200. The second kappa shape index (κ2) is 4.47. The molecule has 0 aromatic heterocycles. The third-order valence-electron chi connectivity index (χ3n) is 1.60. The van der Waals surface area contributed by atoms with Crippen LogP contribution < -0.4 is 5.46 Å². The Morgan fingerprint density at radius 2 is 2.29 bits per heavy atom. The summed E-state index contributed by atoms with van der Waals surface area (Å²) in [5.74, 6) is -0.462. The first-order chi connectivity index (χ1) is 6.67. The average Bonchev–Trinajstić information content (AvgIpc) is 2.17. The lowest BCUT2D eigenvalue weighted by atomic mass is 9.92. The third kappa shape index (κ3) is 2.36. The standard InChI is InChI=1S/C10H8BNO2/c1-2-14-10(13)8-3-7(6-12)4-9(11)5-8/h3-5H,2H2,1H3. The maximum Gasteiger partial charge on any atom is 0.338 e. The number of rotatable bonds is 2. The third-order valence-corrected chi connectivity index (χ3v) is 1.60. The molecule has 0 saturated heterocycles. The van der Waals surface area contributed by atoms with Crippen molar-refractivity contribution >= 4 is 19.3 Å². The molecule has 0 heterocycles. The van der Waals surface area contributed by atoms with Gasteiger partial charge in [0.15, 0.2) is 0 Å². The van der Waals surface area contributed by atoms with Crippen LogP contribution in [-0.4, -0.2) is 20.4 Å². The lowest BCUT2D eigenvalue weighted by Gasteiger charge is -2.03. The first-order valence-electron chi connectivity index (χ1n) is 4.15. The van der Waals surface area contributed by atoms with Crippen molar-refractivity contribution < 1.29 is 9.53 Å². The van der Waals surface area contributed by atoms with Crippen molar-refractivity contribution in [1.29, 1.82) is 5.26 Å². The van der Waals surface area contributed by atoms with Gasteiger partial charge in [-0.3, -0.25) is 0 Å². The number of hydrogen-bond donors (Lipinski definition) is 0. The summed E-state index contributed by atoms with van der Waals surface area (Å²) < 4.78 is 4.78. The highest BCUT2D eigenvalue weighted by Gasteiger charge is 2.07. The Bertz CT molecular complexity index is 396. The van der Waals surface area contributed by atoms with E-state index in [1.54, 1.807) is 6.92 Å². The van der Waals surface area contributed by atoms with Gasteiger partial charge in [-0.25, -0.2) is 4.79 Å². The number of carbonyl (C=O) groups is 1. The van der Waals surface area contributed by atoms with Crippen LogP contribution in [0.1, 0.15) is 22.8 Å². The van der Waals surface area contributed by atoms with E-state index < -0.39 is 5.97 Å². The van der Waals surface area contributed by atoms with Gasteiger partial charge in [-0.2, -0.15) is 5.26 Å². The van der Waals surface area contributed by atoms with Gasteiger partial charge in [-0.05, 0) is 13.0 Å². The Balaban J connectivity index is 3.04. The molecular formula is C10H8BNO2. The smallest absolute Gasteiger partial charge is 0.338 e. The summed E-state index contributed by atoms with van der Waals surface area (Å²) in [6, 6.07) is 6.36. The molecule has 1 rings (SSSR count). The van der Waals surface area contributed by atoms with E-state index in [0.29, 0.717) is 23.2 Å². The number of benzene rings is 1. The van der Waals surface area contributed by atoms with Crippen LogP contribution in [-0.2, 0) is 4.74 Å². The monoisotopic (exact) mass is 185 g/mol. The Labute approximate surface area is 83.7 Å². The zero-order valence-corrected chi connectivity index (χ0v) is 7.78. The molecule has 0 aliphatic rings. The maximum atomic E-state index is 11.3. The van der Waals surface area contributed by atoms with Gasteiger partial charge in [-0.1, -0.05) is 17.6 Å². The molecule has 14 heavy (non-hydrogen) atoms. The molecule has 0 aliphatic heterocycles. The fourth-order valence-corrected chi connectivity index (χ4v) is 1.05. The van der Waals surface area contributed by atoms with Crippen LogP contribution in [0.5, 0.6) is 0 Å². The molecule has 0 bridgehead atoms. The summed E-state index contributed by atoms with van der Waals surface area (Å²) in [5.41, 5.74) is 1.04. The number of nitrogens with zero attached hydrogens (tertiary/aromatic N) is 1. The number of ether oxygens (including phenoxy) is 1. The van der Waals surface area contributed by atoms with Crippen molar-refractivity contribution in [2.75, 3.05) is 6.61 Å². The highest BCUT2D eigenvalue weighted by atomic mass is 16.5. The Kier molecular flexibility index (Phi) is 3.30. The highest BCUT2D eigenvalue weighted by molar-refractivity contribution is 6.32. The van der Waals surface area contributed by atoms with Crippen LogP contribution in [0.3, 0.4) is 0 Å². The van der Waals surface area contributed by atoms with E-state index in [-0.39, 0.29) is 0 Å². The molecule has 68 valence electrons. The first kappa shape index (κ1) is 10.3. The van der Waals surface area contributed by atoms with E-state index in [0.717, 1.165) is 0 Å². The van der Waals surface area contributed by atoms with Gasteiger partial charge < -0.3 is 4.74 Å². The van der Waals surface area contributed by atoms with Gasteiger partial charge in [0.1, 0.15) is 7.85 Å². The van der Waals surface area contributed by atoms with Crippen molar-refractivity contribution in [3.63, 3.8) is 0 Å². The minimum Gasteiger partial charge on any atom is -0.462 e. The summed E-state index contributed by atoms with van der Waals surface area (Å²) >= 11 is 0. The zero-order chi connectivity index (χ0) is 10.6. The molecule has 0 N–H and O–H groups in total. The number of nitriles is 1. The Morgan fingerprint density at radius 1 is 1.57 bits per heavy atom. The first-order valence-corrected chi connectivity index (χ1v) is 4.15. The molecule has 0 saturated carbocycles. The molecule has 2 radical (unpaired) electrons. The maximum absolute atomic E-state index is 11.3. The van der Waals surface area contributed by atoms with Crippen molar-refractivity contribution in [2.45, 2.75) is 6.92 Å². The van der Waals surface area contributed by atoms with Gasteiger partial charge in [-0.15, -0.1) is 0 Å². The van der Waals surface area contributed by atoms with Crippen molar-refractivity contribution in [3.8, 4) is 6.07 Å². The summed E-state index contributed by atoms with van der Waals surface area (Å²) in [6.07, 6.45) is 0. The second-order valence-corrected chi connectivity index (χ2v) is 2.68. The normalized spacial score (nSPS) is 9.14. The van der Waals surface area contributed by atoms with Gasteiger partial charge >= 0.3 is 5.97 Å². The van der Waals surface area contributed by atoms with Crippen LogP contribution in [0.4, 0.5) is 0 Å². The molecule has 1 aromatic carbocycles. The number of carbonyl (C=O) groups excluding carboxylic acids is 1. The molecule has 0 unspecified atom stereocenters. The van der Waals surface area contributed by atoms with Crippen molar-refractivity contribution in [1.82, 2.24) is 0 Å². The van der Waals surface area contributed by atoms with Gasteiger partial charge in [0, 0.05) is 0 Å². The van der Waals surface area contributed by atoms with Gasteiger partial charge in [0.05, 0.1) is 23.8 Å². The second-order valence-electron chi connectivity index (χ2n) is 2.68. The molecule has 0 amide bonds. The minimum absolute atomic E-state index is 0.301. The predicted molar refractivity (Wildman–Crippen MR) is 52.5 cm³/mol. The average molecular weight is 185 g/mol. The number of esters is 1. The zero-order valence-electron chi connectivity index (χ0n) is 7.78. The topological polar surface area (TPSA) is 50.1 Å². The Morgan fingerprint density at radius 3 is 2.86 bits per heavy atom. The summed E-state index contributed by atoms with van der Waals surface area (Å²) in [6.45, 7) is 2.02. The molecule has 0 fully saturated rings. The molecular weight excluding hydrogens is 177 g/mol.